The normalized spacial score (nSPS) is 27.1. The number of carbonyl (C=O) groups is 2. The number of furan rings is 1. The molecule has 256 valence electrons. The smallest absolute Gasteiger partial charge is 0.334 e. The second-order valence-corrected chi connectivity index (χ2v) is 15.3. The van der Waals surface area contributed by atoms with Gasteiger partial charge in [-0.1, -0.05) is 65.9 Å². The zero-order valence-corrected chi connectivity index (χ0v) is 28.7. The fourth-order valence-corrected chi connectivity index (χ4v) is 9.22. The van der Waals surface area contributed by atoms with E-state index in [-0.39, 0.29) is 31.6 Å². The van der Waals surface area contributed by atoms with Crippen LogP contribution in [-0.2, 0) is 36.8 Å². The third-order valence-corrected chi connectivity index (χ3v) is 11.5. The predicted molar refractivity (Wildman–Crippen MR) is 191 cm³/mol. The lowest BCUT2D eigenvalue weighted by Crippen LogP contribution is -2.40. The first-order valence-electron chi connectivity index (χ1n) is 18.1. The highest BCUT2D eigenvalue weighted by Crippen LogP contribution is 2.67. The molecule has 50 heavy (non-hydrogen) atoms. The van der Waals surface area contributed by atoms with E-state index in [1.165, 1.54) is 37.7 Å². The lowest BCUT2D eigenvalue weighted by Gasteiger charge is -2.32. The standard InChI is InChI=1S/C44H44O6/c1-30-7-9-31(10-8-30)11-12-32-13-15-40-37(20-32)23-39(49-40)14-16-41(45)48-29-44(28-47-27-33-5-3-2-4-6-33)26-36(42(46)50-44)17-18-43-24-34-19-35(25-43)22-38(43)21-34/h2-10,13,15,17,20,23,34-35,38H,14,16,18-19,21-22,24-29H2,1H3/b36-17+/t34?,35?,38?,43?,44-/m1/s1. The number of ether oxygens (including phenoxy) is 3. The first kappa shape index (κ1) is 32.6. The molecule has 0 spiro atoms. The van der Waals surface area contributed by atoms with Crippen molar-refractivity contribution in [2.75, 3.05) is 13.2 Å². The second-order valence-electron chi connectivity index (χ2n) is 15.3. The second kappa shape index (κ2) is 13.6. The minimum absolute atomic E-state index is 0.0508. The molecule has 2 unspecified atom stereocenters. The fraction of sp³-hybridized carbons (Fsp3) is 0.409. The van der Waals surface area contributed by atoms with Crippen molar-refractivity contribution in [2.24, 2.45) is 23.2 Å². The third kappa shape index (κ3) is 7.02. The van der Waals surface area contributed by atoms with Gasteiger partial charge in [-0.05, 0) is 111 Å². The van der Waals surface area contributed by atoms with Crippen LogP contribution >= 0.6 is 0 Å². The molecule has 3 aromatic carbocycles. The van der Waals surface area contributed by atoms with Crippen molar-refractivity contribution >= 4 is 22.9 Å². The molecule has 1 aromatic heterocycles. The van der Waals surface area contributed by atoms with Gasteiger partial charge >= 0.3 is 11.9 Å². The number of aryl methyl sites for hydroxylation is 2. The van der Waals surface area contributed by atoms with Gasteiger partial charge in [0, 0.05) is 34.9 Å². The molecule has 0 radical (unpaired) electrons. The van der Waals surface area contributed by atoms with Gasteiger partial charge < -0.3 is 18.6 Å². The number of hydrogen-bond acceptors (Lipinski definition) is 6. The minimum atomic E-state index is -1.05. The van der Waals surface area contributed by atoms with E-state index in [0.717, 1.165) is 51.8 Å². The maximum atomic E-state index is 13.3. The van der Waals surface area contributed by atoms with Gasteiger partial charge in [0.1, 0.15) is 18.0 Å². The molecule has 2 heterocycles. The Labute approximate surface area is 294 Å². The highest BCUT2D eigenvalue weighted by molar-refractivity contribution is 5.91. The largest absolute Gasteiger partial charge is 0.461 e. The van der Waals surface area contributed by atoms with Gasteiger partial charge in [0.25, 0.3) is 0 Å². The Morgan fingerprint density at radius 2 is 1.68 bits per heavy atom. The van der Waals surface area contributed by atoms with Crippen LogP contribution in [0.25, 0.3) is 11.0 Å². The molecule has 1 aliphatic heterocycles. The number of esters is 2. The molecule has 1 saturated heterocycles. The van der Waals surface area contributed by atoms with Crippen molar-refractivity contribution in [1.29, 1.82) is 0 Å². The molecule has 0 N–H and O–H groups in total. The summed E-state index contributed by atoms with van der Waals surface area (Å²) in [5, 5.41) is 0.939. The molecular weight excluding hydrogens is 624 g/mol. The van der Waals surface area contributed by atoms with Crippen LogP contribution in [0.3, 0.4) is 0 Å². The lowest BCUT2D eigenvalue weighted by molar-refractivity contribution is -0.169. The van der Waals surface area contributed by atoms with Crippen LogP contribution in [0.4, 0.5) is 0 Å². The summed E-state index contributed by atoms with van der Waals surface area (Å²) in [7, 11) is 0. The van der Waals surface area contributed by atoms with Crippen LogP contribution in [0.1, 0.15) is 79.4 Å². The van der Waals surface area contributed by atoms with Crippen molar-refractivity contribution < 1.29 is 28.2 Å². The van der Waals surface area contributed by atoms with Gasteiger partial charge in [-0.2, -0.15) is 0 Å². The van der Waals surface area contributed by atoms with Crippen LogP contribution in [0.2, 0.25) is 0 Å². The molecule has 6 nitrogen and oxygen atoms in total. The van der Waals surface area contributed by atoms with E-state index in [9.17, 15) is 9.59 Å². The monoisotopic (exact) mass is 668 g/mol. The molecule has 0 amide bonds. The number of cyclic esters (lactones) is 1. The molecule has 6 heteroatoms. The lowest BCUT2D eigenvalue weighted by atomic mass is 9.73. The molecule has 4 saturated carbocycles. The van der Waals surface area contributed by atoms with Gasteiger partial charge in [-0.15, -0.1) is 0 Å². The summed E-state index contributed by atoms with van der Waals surface area (Å²) in [5.41, 5.74) is 4.84. The Balaban J connectivity index is 0.897. The zero-order valence-electron chi connectivity index (χ0n) is 28.7. The SMILES string of the molecule is Cc1ccc(C#Cc2ccc3oc(CCC(=O)OC[C@]4(COCc5ccccc5)C/C(=C\CC56CC7CC(CC5C7)C6)C(=O)O4)cc3c2)cc1. The average Bonchev–Trinajstić information content (AvgIpc) is 3.81. The summed E-state index contributed by atoms with van der Waals surface area (Å²) < 4.78 is 24.0. The van der Waals surface area contributed by atoms with Crippen molar-refractivity contribution in [3.63, 3.8) is 0 Å². The van der Waals surface area contributed by atoms with E-state index >= 15 is 0 Å². The third-order valence-electron chi connectivity index (χ3n) is 11.5. The van der Waals surface area contributed by atoms with Crippen molar-refractivity contribution in [3.05, 3.63) is 119 Å². The Morgan fingerprint density at radius 1 is 0.920 bits per heavy atom. The van der Waals surface area contributed by atoms with Gasteiger partial charge in [0.05, 0.1) is 19.6 Å². The maximum absolute atomic E-state index is 13.3. The summed E-state index contributed by atoms with van der Waals surface area (Å²) in [6.07, 6.45) is 10.7. The first-order valence-corrected chi connectivity index (χ1v) is 18.1. The van der Waals surface area contributed by atoms with Crippen LogP contribution in [0.15, 0.2) is 94.9 Å². The molecule has 9 rings (SSSR count). The number of rotatable bonds is 11. The quantitative estimate of drug-likeness (QED) is 0.0905. The Kier molecular flexibility index (Phi) is 8.87. The summed E-state index contributed by atoms with van der Waals surface area (Å²) in [5.74, 6) is 8.99. The average molecular weight is 669 g/mol. The molecule has 4 aromatic rings. The number of hydrogen-bond donors (Lipinski definition) is 0. The number of carbonyl (C=O) groups excluding carboxylic acids is 2. The summed E-state index contributed by atoms with van der Waals surface area (Å²) in [6, 6.07) is 25.9. The van der Waals surface area contributed by atoms with Gasteiger partial charge in [0.15, 0.2) is 5.60 Å². The molecule has 5 fully saturated rings. The van der Waals surface area contributed by atoms with E-state index in [2.05, 4.69) is 37.0 Å². The molecule has 5 aliphatic rings. The number of fused-ring (bicyclic) bond motifs is 1. The summed E-state index contributed by atoms with van der Waals surface area (Å²) in [4.78, 5) is 26.3. The van der Waals surface area contributed by atoms with E-state index in [1.54, 1.807) is 0 Å². The summed E-state index contributed by atoms with van der Waals surface area (Å²) >= 11 is 0. The highest BCUT2D eigenvalue weighted by Gasteiger charge is 2.57. The van der Waals surface area contributed by atoms with Crippen LogP contribution in [0.5, 0.6) is 0 Å². The minimum Gasteiger partial charge on any atom is -0.461 e. The van der Waals surface area contributed by atoms with Crippen molar-refractivity contribution in [3.8, 4) is 11.8 Å². The Bertz CT molecular complexity index is 1960. The molecular formula is C44H44O6. The van der Waals surface area contributed by atoms with Crippen LogP contribution in [-0.4, -0.2) is 30.8 Å². The number of benzene rings is 3. The van der Waals surface area contributed by atoms with E-state index in [0.29, 0.717) is 36.2 Å². The zero-order chi connectivity index (χ0) is 34.1. The number of allylic oxidation sites excluding steroid dienone is 1. The van der Waals surface area contributed by atoms with Crippen molar-refractivity contribution in [2.45, 2.75) is 76.9 Å². The predicted octanol–water partition coefficient (Wildman–Crippen LogP) is 8.66. The molecule has 4 aliphatic carbocycles. The first-order chi connectivity index (χ1) is 24.3. The van der Waals surface area contributed by atoms with Gasteiger partial charge in [0.2, 0.25) is 0 Å². The fourth-order valence-electron chi connectivity index (χ4n) is 9.22. The van der Waals surface area contributed by atoms with E-state index in [4.69, 9.17) is 18.6 Å². The van der Waals surface area contributed by atoms with Crippen LogP contribution in [0, 0.1) is 41.9 Å². The summed E-state index contributed by atoms with van der Waals surface area (Å²) in [6.45, 7) is 2.54. The van der Waals surface area contributed by atoms with Gasteiger partial charge in [-0.3, -0.25) is 4.79 Å². The topological polar surface area (TPSA) is 75.0 Å². The van der Waals surface area contributed by atoms with Crippen molar-refractivity contribution in [1.82, 2.24) is 0 Å². The molecule has 4 bridgehead atoms. The van der Waals surface area contributed by atoms with E-state index < -0.39 is 5.60 Å². The molecule has 3 atom stereocenters. The Morgan fingerprint density at radius 3 is 2.48 bits per heavy atom. The highest BCUT2D eigenvalue weighted by atomic mass is 16.6. The Hall–Kier alpha value is -4.60. The van der Waals surface area contributed by atoms with Crippen LogP contribution < -0.4 is 0 Å². The van der Waals surface area contributed by atoms with Gasteiger partial charge in [-0.25, -0.2) is 4.79 Å². The van der Waals surface area contributed by atoms with E-state index in [1.807, 2.05) is 66.7 Å². The maximum Gasteiger partial charge on any atom is 0.334 e.